The van der Waals surface area contributed by atoms with E-state index >= 15 is 0 Å². The smallest absolute Gasteiger partial charge is 0.264 e. The van der Waals surface area contributed by atoms with Crippen LogP contribution in [0.3, 0.4) is 0 Å². The molecule has 112 valence electrons. The quantitative estimate of drug-likeness (QED) is 0.711. The van der Waals surface area contributed by atoms with E-state index in [-0.39, 0.29) is 15.1 Å². The number of sulfonamides is 1. The van der Waals surface area contributed by atoms with Gasteiger partial charge in [-0.25, -0.2) is 12.8 Å². The second kappa shape index (κ2) is 5.94. The number of rotatable bonds is 3. The van der Waals surface area contributed by atoms with E-state index in [1.807, 2.05) is 6.92 Å². The van der Waals surface area contributed by atoms with Gasteiger partial charge in [0.1, 0.15) is 10.7 Å². The summed E-state index contributed by atoms with van der Waals surface area (Å²) in [4.78, 5) is -0.191. The molecule has 4 nitrogen and oxygen atoms in total. The Morgan fingerprint density at radius 3 is 2.43 bits per heavy atom. The summed E-state index contributed by atoms with van der Waals surface area (Å²) < 4.78 is 41.1. The minimum absolute atomic E-state index is 0.0278. The number of anilines is 2. The van der Waals surface area contributed by atoms with Crippen LogP contribution in [0, 0.1) is 12.7 Å². The Morgan fingerprint density at radius 1 is 1.14 bits per heavy atom. The van der Waals surface area contributed by atoms with Gasteiger partial charge >= 0.3 is 0 Å². The number of halogens is 3. The summed E-state index contributed by atoms with van der Waals surface area (Å²) in [5.74, 6) is -0.622. The van der Waals surface area contributed by atoms with Crippen molar-refractivity contribution in [2.45, 2.75) is 11.8 Å². The van der Waals surface area contributed by atoms with Crippen molar-refractivity contribution in [2.24, 2.45) is 0 Å². The van der Waals surface area contributed by atoms with Gasteiger partial charge < -0.3 is 5.73 Å². The molecule has 2 aromatic carbocycles. The predicted molar refractivity (Wildman–Crippen MR) is 88.2 cm³/mol. The summed E-state index contributed by atoms with van der Waals surface area (Å²) in [5, 5.41) is 0. The number of aryl methyl sites for hydroxylation is 1. The summed E-state index contributed by atoms with van der Waals surface area (Å²) in [5.41, 5.74) is 6.80. The van der Waals surface area contributed by atoms with Crippen molar-refractivity contribution >= 4 is 53.3 Å². The molecule has 8 heteroatoms. The molecule has 0 saturated heterocycles. The van der Waals surface area contributed by atoms with Gasteiger partial charge in [-0.1, -0.05) is 6.07 Å². The van der Waals surface area contributed by atoms with E-state index in [1.54, 1.807) is 18.2 Å². The maximum absolute atomic E-state index is 13.3. The van der Waals surface area contributed by atoms with Crippen molar-refractivity contribution < 1.29 is 12.8 Å². The first kappa shape index (κ1) is 16.3. The van der Waals surface area contributed by atoms with Crippen molar-refractivity contribution in [1.29, 1.82) is 0 Å². The van der Waals surface area contributed by atoms with E-state index in [0.717, 1.165) is 17.7 Å². The Balaban J connectivity index is 2.46. The lowest BCUT2D eigenvalue weighted by Crippen LogP contribution is -2.15. The van der Waals surface area contributed by atoms with Gasteiger partial charge in [0.05, 0.1) is 15.8 Å². The van der Waals surface area contributed by atoms with Gasteiger partial charge in [-0.3, -0.25) is 4.72 Å². The Morgan fingerprint density at radius 2 is 1.81 bits per heavy atom. The molecule has 0 aromatic heterocycles. The zero-order chi connectivity index (χ0) is 15.8. The van der Waals surface area contributed by atoms with Gasteiger partial charge in [-0.2, -0.15) is 0 Å². The van der Waals surface area contributed by atoms with Crippen molar-refractivity contribution in [3.05, 3.63) is 50.7 Å². The molecule has 0 fully saturated rings. The van der Waals surface area contributed by atoms with E-state index in [0.29, 0.717) is 10.2 Å². The first-order valence-electron chi connectivity index (χ1n) is 5.74. The highest BCUT2D eigenvalue weighted by molar-refractivity contribution is 9.10. The van der Waals surface area contributed by atoms with Crippen LogP contribution in [0.15, 0.2) is 44.2 Å². The van der Waals surface area contributed by atoms with E-state index in [1.165, 1.54) is 0 Å². The topological polar surface area (TPSA) is 72.2 Å². The molecule has 0 aliphatic heterocycles. The molecule has 0 bridgehead atoms. The summed E-state index contributed by atoms with van der Waals surface area (Å²) in [6.45, 7) is 1.89. The van der Waals surface area contributed by atoms with Crippen LogP contribution in [-0.2, 0) is 10.0 Å². The van der Waals surface area contributed by atoms with Crippen LogP contribution >= 0.6 is 31.9 Å². The highest BCUT2D eigenvalue weighted by Crippen LogP contribution is 2.30. The van der Waals surface area contributed by atoms with Gasteiger partial charge in [0, 0.05) is 4.47 Å². The molecule has 2 aromatic rings. The molecule has 0 amide bonds. The van der Waals surface area contributed by atoms with Crippen molar-refractivity contribution in [3.8, 4) is 0 Å². The molecule has 2 rings (SSSR count). The average molecular weight is 438 g/mol. The zero-order valence-electron chi connectivity index (χ0n) is 10.8. The fraction of sp³-hybridized carbons (Fsp3) is 0.0769. The number of nitrogen functional groups attached to an aromatic ring is 1. The third-order valence-electron chi connectivity index (χ3n) is 2.71. The Labute approximate surface area is 138 Å². The third kappa shape index (κ3) is 3.56. The fourth-order valence-electron chi connectivity index (χ4n) is 1.68. The molecule has 0 aliphatic rings. The second-order valence-corrected chi connectivity index (χ2v) is 7.75. The number of benzene rings is 2. The molecule has 3 N–H and O–H groups in total. The van der Waals surface area contributed by atoms with Crippen LogP contribution in [0.4, 0.5) is 15.8 Å². The molecule has 0 atom stereocenters. The molecule has 0 spiro atoms. The minimum Gasteiger partial charge on any atom is -0.398 e. The number of hydrogen-bond donors (Lipinski definition) is 2. The molecule has 21 heavy (non-hydrogen) atoms. The molecule has 0 heterocycles. The first-order chi connectivity index (χ1) is 9.70. The Hall–Kier alpha value is -1.12. The van der Waals surface area contributed by atoms with Gasteiger partial charge in [0.2, 0.25) is 0 Å². The van der Waals surface area contributed by atoms with E-state index in [2.05, 4.69) is 36.6 Å². The summed E-state index contributed by atoms with van der Waals surface area (Å²) in [6, 6.07) is 7.28. The van der Waals surface area contributed by atoms with Crippen LogP contribution in [0.25, 0.3) is 0 Å². The lowest BCUT2D eigenvalue weighted by atomic mass is 10.2. The van der Waals surface area contributed by atoms with Crippen molar-refractivity contribution in [3.63, 3.8) is 0 Å². The maximum atomic E-state index is 13.3. The van der Waals surface area contributed by atoms with Crippen LogP contribution in [0.2, 0.25) is 0 Å². The van der Waals surface area contributed by atoms with Gasteiger partial charge in [-0.05, 0) is 68.6 Å². The van der Waals surface area contributed by atoms with Crippen LogP contribution in [0.1, 0.15) is 5.56 Å². The fourth-order valence-corrected chi connectivity index (χ4v) is 4.12. The summed E-state index contributed by atoms with van der Waals surface area (Å²) >= 11 is 6.24. The molecule has 0 unspecified atom stereocenters. The van der Waals surface area contributed by atoms with E-state index in [4.69, 9.17) is 5.73 Å². The number of nitrogens with one attached hydrogen (secondary N) is 1. The standard InChI is InChI=1S/C13H11Br2FN2O2S/c1-7-2-3-12(9(15)4-7)18-21(19,20)13-5-8(14)10(16)6-11(13)17/h2-6,18H,17H2,1H3. The molecule has 0 radical (unpaired) electrons. The highest BCUT2D eigenvalue weighted by Gasteiger charge is 2.20. The average Bonchev–Trinajstić information content (AvgIpc) is 2.37. The summed E-state index contributed by atoms with van der Waals surface area (Å²) in [7, 11) is -3.92. The maximum Gasteiger partial charge on any atom is 0.264 e. The lowest BCUT2D eigenvalue weighted by Gasteiger charge is -2.12. The Kier molecular flexibility index (Phi) is 4.60. The monoisotopic (exact) mass is 436 g/mol. The van der Waals surface area contributed by atoms with Crippen LogP contribution in [0.5, 0.6) is 0 Å². The van der Waals surface area contributed by atoms with Gasteiger partial charge in [0.25, 0.3) is 10.0 Å². The van der Waals surface area contributed by atoms with Gasteiger partial charge in [-0.15, -0.1) is 0 Å². The highest BCUT2D eigenvalue weighted by atomic mass is 79.9. The van der Waals surface area contributed by atoms with Crippen LogP contribution in [-0.4, -0.2) is 8.42 Å². The molecular weight excluding hydrogens is 427 g/mol. The van der Waals surface area contributed by atoms with Crippen molar-refractivity contribution in [2.75, 3.05) is 10.5 Å². The second-order valence-electron chi connectivity index (χ2n) is 4.39. The number of nitrogens with two attached hydrogens (primary N) is 1. The SMILES string of the molecule is Cc1ccc(NS(=O)(=O)c2cc(Br)c(F)cc2N)c(Br)c1. The summed E-state index contributed by atoms with van der Waals surface area (Å²) in [6.07, 6.45) is 0. The third-order valence-corrected chi connectivity index (χ3v) is 5.40. The minimum atomic E-state index is -3.92. The first-order valence-corrected chi connectivity index (χ1v) is 8.81. The van der Waals surface area contributed by atoms with Crippen LogP contribution < -0.4 is 10.5 Å². The lowest BCUT2D eigenvalue weighted by molar-refractivity contribution is 0.599. The Bertz CT molecular complexity index is 810. The largest absolute Gasteiger partial charge is 0.398 e. The van der Waals surface area contributed by atoms with Gasteiger partial charge in [0.15, 0.2) is 0 Å². The molecule has 0 aliphatic carbocycles. The number of hydrogen-bond acceptors (Lipinski definition) is 3. The normalized spacial score (nSPS) is 11.4. The van der Waals surface area contributed by atoms with Crippen molar-refractivity contribution in [1.82, 2.24) is 0 Å². The van der Waals surface area contributed by atoms with E-state index in [9.17, 15) is 12.8 Å². The zero-order valence-corrected chi connectivity index (χ0v) is 14.8. The predicted octanol–water partition coefficient (Wildman–Crippen LogP) is 4.04. The molecule has 0 saturated carbocycles. The molecular formula is C13H11Br2FN2O2S. The van der Waals surface area contributed by atoms with E-state index < -0.39 is 15.8 Å².